The number of piperazine rings is 1. The predicted octanol–water partition coefficient (Wildman–Crippen LogP) is 2.54. The van der Waals surface area contributed by atoms with Crippen LogP contribution in [0.4, 0.5) is 14.7 Å². The molecule has 0 unspecified atom stereocenters. The minimum absolute atomic E-state index is 0.0478. The number of hydrogen-bond donors (Lipinski definition) is 0. The van der Waals surface area contributed by atoms with Gasteiger partial charge in [-0.05, 0) is 35.8 Å². The van der Waals surface area contributed by atoms with Crippen molar-refractivity contribution in [1.82, 2.24) is 29.8 Å². The van der Waals surface area contributed by atoms with E-state index in [1.54, 1.807) is 28.6 Å². The third-order valence-electron chi connectivity index (χ3n) is 5.28. The number of anilines is 1. The van der Waals surface area contributed by atoms with E-state index in [1.165, 1.54) is 12.1 Å². The predicted molar refractivity (Wildman–Crippen MR) is 114 cm³/mol. The number of halogens is 2. The van der Waals surface area contributed by atoms with Gasteiger partial charge in [-0.25, -0.2) is 9.67 Å². The molecule has 33 heavy (non-hydrogen) atoms. The standard InChI is InChI=1S/C21H25F2N7O3/c1-3-4-17-25-19(15-5-7-16(8-6-15)32-20(22)23)26-30(17)13-18(31)28-9-11-29(12-10-28)21-24-14(2)33-27-21/h5-8,20H,3-4,9-13H2,1-2H3. The minimum atomic E-state index is -2.88. The molecule has 0 bridgehead atoms. The lowest BCUT2D eigenvalue weighted by Crippen LogP contribution is -2.50. The Morgan fingerprint density at radius 2 is 1.88 bits per heavy atom. The quantitative estimate of drug-likeness (QED) is 0.504. The maximum atomic E-state index is 12.9. The molecule has 3 heterocycles. The molecule has 10 nitrogen and oxygen atoms in total. The van der Waals surface area contributed by atoms with Gasteiger partial charge in [0.25, 0.3) is 5.95 Å². The Kier molecular flexibility index (Phi) is 6.80. The number of ether oxygens (including phenoxy) is 1. The SMILES string of the molecule is CCCc1nc(-c2ccc(OC(F)F)cc2)nn1CC(=O)N1CCN(c2noc(C)n2)CC1. The number of amides is 1. The van der Waals surface area contributed by atoms with E-state index >= 15 is 0 Å². The van der Waals surface area contributed by atoms with Gasteiger partial charge in [-0.1, -0.05) is 6.92 Å². The summed E-state index contributed by atoms with van der Waals surface area (Å²) in [6.07, 6.45) is 1.51. The molecular formula is C21H25F2N7O3. The van der Waals surface area contributed by atoms with Crippen molar-refractivity contribution < 1.29 is 22.8 Å². The van der Waals surface area contributed by atoms with Crippen LogP contribution in [-0.2, 0) is 17.8 Å². The van der Waals surface area contributed by atoms with Crippen LogP contribution in [0.15, 0.2) is 28.8 Å². The number of hydrogen-bond acceptors (Lipinski definition) is 8. The van der Waals surface area contributed by atoms with Gasteiger partial charge >= 0.3 is 6.61 Å². The van der Waals surface area contributed by atoms with Crippen LogP contribution in [0.25, 0.3) is 11.4 Å². The van der Waals surface area contributed by atoms with Crippen molar-refractivity contribution in [3.05, 3.63) is 36.0 Å². The smallest absolute Gasteiger partial charge is 0.387 e. The van der Waals surface area contributed by atoms with E-state index in [-0.39, 0.29) is 18.2 Å². The number of aromatic nitrogens is 5. The first-order chi connectivity index (χ1) is 15.9. The zero-order valence-corrected chi connectivity index (χ0v) is 18.4. The highest BCUT2D eigenvalue weighted by atomic mass is 19.3. The van der Waals surface area contributed by atoms with Gasteiger partial charge in [-0.15, -0.1) is 0 Å². The normalized spacial score (nSPS) is 14.2. The number of carbonyl (C=O) groups excluding carboxylic acids is 1. The van der Waals surface area contributed by atoms with Crippen molar-refractivity contribution in [2.75, 3.05) is 31.1 Å². The topological polar surface area (TPSA) is 102 Å². The molecule has 4 rings (SSSR count). The number of alkyl halides is 2. The molecule has 1 saturated heterocycles. The molecule has 1 aliphatic rings. The highest BCUT2D eigenvalue weighted by molar-refractivity contribution is 5.76. The van der Waals surface area contributed by atoms with Gasteiger partial charge in [-0.3, -0.25) is 4.79 Å². The second-order valence-corrected chi connectivity index (χ2v) is 7.64. The Labute approximate surface area is 189 Å². The van der Waals surface area contributed by atoms with Gasteiger partial charge in [0.05, 0.1) is 0 Å². The number of aryl methyl sites for hydroxylation is 2. The minimum Gasteiger partial charge on any atom is -0.435 e. The van der Waals surface area contributed by atoms with E-state index < -0.39 is 6.61 Å². The van der Waals surface area contributed by atoms with Crippen LogP contribution in [0, 0.1) is 6.92 Å². The number of carbonyl (C=O) groups is 1. The molecule has 1 amide bonds. The van der Waals surface area contributed by atoms with Crippen LogP contribution >= 0.6 is 0 Å². The second kappa shape index (κ2) is 9.92. The van der Waals surface area contributed by atoms with Gasteiger partial charge in [0.15, 0.2) is 5.82 Å². The van der Waals surface area contributed by atoms with Crippen LogP contribution in [0.3, 0.4) is 0 Å². The zero-order valence-electron chi connectivity index (χ0n) is 18.4. The van der Waals surface area contributed by atoms with Crippen molar-refractivity contribution >= 4 is 11.9 Å². The van der Waals surface area contributed by atoms with E-state index in [9.17, 15) is 13.6 Å². The second-order valence-electron chi connectivity index (χ2n) is 7.64. The Hall–Kier alpha value is -3.57. The third kappa shape index (κ3) is 5.44. The molecule has 0 atom stereocenters. The van der Waals surface area contributed by atoms with E-state index in [0.29, 0.717) is 61.7 Å². The van der Waals surface area contributed by atoms with Crippen molar-refractivity contribution in [2.45, 2.75) is 39.8 Å². The Morgan fingerprint density at radius 1 is 1.15 bits per heavy atom. The summed E-state index contributed by atoms with van der Waals surface area (Å²) in [6, 6.07) is 6.12. The lowest BCUT2D eigenvalue weighted by Gasteiger charge is -2.33. The fourth-order valence-electron chi connectivity index (χ4n) is 3.62. The molecule has 0 spiro atoms. The first-order valence-corrected chi connectivity index (χ1v) is 10.7. The van der Waals surface area contributed by atoms with Crippen LogP contribution in [0.2, 0.25) is 0 Å². The van der Waals surface area contributed by atoms with Crippen molar-refractivity contribution in [2.24, 2.45) is 0 Å². The average molecular weight is 461 g/mol. The summed E-state index contributed by atoms with van der Waals surface area (Å²) in [5.41, 5.74) is 0.657. The lowest BCUT2D eigenvalue weighted by molar-refractivity contribution is -0.132. The molecule has 0 N–H and O–H groups in total. The summed E-state index contributed by atoms with van der Waals surface area (Å²) in [6.45, 7) is 3.28. The average Bonchev–Trinajstić information content (AvgIpc) is 3.41. The zero-order chi connectivity index (χ0) is 23.4. The lowest BCUT2D eigenvalue weighted by atomic mass is 10.2. The molecule has 176 valence electrons. The van der Waals surface area contributed by atoms with Crippen LogP contribution in [0.5, 0.6) is 5.75 Å². The summed E-state index contributed by atoms with van der Waals surface area (Å²) >= 11 is 0. The molecule has 0 aliphatic carbocycles. The molecule has 0 radical (unpaired) electrons. The van der Waals surface area contributed by atoms with E-state index in [4.69, 9.17) is 4.52 Å². The van der Waals surface area contributed by atoms with Gasteiger partial charge in [0.1, 0.15) is 18.1 Å². The fraction of sp³-hybridized carbons (Fsp3) is 0.476. The summed E-state index contributed by atoms with van der Waals surface area (Å²) in [5.74, 6) is 2.20. The summed E-state index contributed by atoms with van der Waals surface area (Å²) < 4.78 is 35.8. The molecule has 0 saturated carbocycles. The molecular weight excluding hydrogens is 436 g/mol. The van der Waals surface area contributed by atoms with Gasteiger partial charge < -0.3 is 19.1 Å². The van der Waals surface area contributed by atoms with Crippen LogP contribution in [-0.4, -0.2) is 68.5 Å². The van der Waals surface area contributed by atoms with Crippen molar-refractivity contribution in [1.29, 1.82) is 0 Å². The van der Waals surface area contributed by atoms with Crippen LogP contribution in [0.1, 0.15) is 25.1 Å². The molecule has 1 aliphatic heterocycles. The van der Waals surface area contributed by atoms with Crippen LogP contribution < -0.4 is 9.64 Å². The molecule has 1 aromatic carbocycles. The third-order valence-corrected chi connectivity index (χ3v) is 5.28. The highest BCUT2D eigenvalue weighted by Crippen LogP contribution is 2.22. The monoisotopic (exact) mass is 461 g/mol. The largest absolute Gasteiger partial charge is 0.435 e. The van der Waals surface area contributed by atoms with E-state index in [2.05, 4.69) is 25.0 Å². The Balaban J connectivity index is 1.42. The van der Waals surface area contributed by atoms with Crippen molar-refractivity contribution in [3.63, 3.8) is 0 Å². The summed E-state index contributed by atoms with van der Waals surface area (Å²) in [4.78, 5) is 25.5. The molecule has 12 heteroatoms. The van der Waals surface area contributed by atoms with Gasteiger partial charge in [0, 0.05) is 45.1 Å². The summed E-state index contributed by atoms with van der Waals surface area (Å²) in [5, 5.41) is 8.45. The maximum Gasteiger partial charge on any atom is 0.387 e. The number of rotatable bonds is 8. The Bertz CT molecular complexity index is 1080. The molecule has 1 fully saturated rings. The highest BCUT2D eigenvalue weighted by Gasteiger charge is 2.25. The van der Waals surface area contributed by atoms with E-state index in [1.807, 2.05) is 11.8 Å². The molecule has 2 aromatic heterocycles. The van der Waals surface area contributed by atoms with E-state index in [0.717, 1.165) is 6.42 Å². The first-order valence-electron chi connectivity index (χ1n) is 10.7. The van der Waals surface area contributed by atoms with Crippen molar-refractivity contribution in [3.8, 4) is 17.1 Å². The number of benzene rings is 1. The maximum absolute atomic E-state index is 12.9. The number of nitrogens with zero attached hydrogens (tertiary/aromatic N) is 7. The molecule has 3 aromatic rings. The van der Waals surface area contributed by atoms with Gasteiger partial charge in [-0.2, -0.15) is 18.9 Å². The Morgan fingerprint density at radius 3 is 2.48 bits per heavy atom. The fourth-order valence-corrected chi connectivity index (χ4v) is 3.62. The summed E-state index contributed by atoms with van der Waals surface area (Å²) in [7, 11) is 0. The first kappa shape index (κ1) is 22.6. The van der Waals surface area contributed by atoms with Gasteiger partial charge in [0.2, 0.25) is 11.8 Å².